The number of carboxylic acids is 1. The molecule has 6 nitrogen and oxygen atoms in total. The van der Waals surface area contributed by atoms with Gasteiger partial charge in [-0.2, -0.15) is 0 Å². The topological polar surface area (TPSA) is 104 Å². The molecule has 2 aliphatic carbocycles. The SMILES string of the molecule is NC1CCCCC1NC(=O)NC1CCCCCC1C(=O)O. The summed E-state index contributed by atoms with van der Waals surface area (Å²) in [6.45, 7) is 0. The Hall–Kier alpha value is -1.30. The van der Waals surface area contributed by atoms with E-state index >= 15 is 0 Å². The number of nitrogens with two attached hydrogens (primary N) is 1. The van der Waals surface area contributed by atoms with Crippen LogP contribution in [0, 0.1) is 5.92 Å². The van der Waals surface area contributed by atoms with Gasteiger partial charge < -0.3 is 21.5 Å². The fourth-order valence-electron chi connectivity index (χ4n) is 3.49. The highest BCUT2D eigenvalue weighted by Crippen LogP contribution is 2.24. The largest absolute Gasteiger partial charge is 0.481 e. The van der Waals surface area contributed by atoms with Crippen molar-refractivity contribution in [2.75, 3.05) is 0 Å². The average Bonchev–Trinajstić information content (AvgIpc) is 2.67. The monoisotopic (exact) mass is 297 g/mol. The van der Waals surface area contributed by atoms with E-state index in [0.717, 1.165) is 51.4 Å². The number of aliphatic carboxylic acids is 1. The Balaban J connectivity index is 1.88. The summed E-state index contributed by atoms with van der Waals surface area (Å²) in [5, 5.41) is 15.1. The van der Waals surface area contributed by atoms with Gasteiger partial charge >= 0.3 is 12.0 Å². The molecule has 4 atom stereocenters. The van der Waals surface area contributed by atoms with Gasteiger partial charge in [0.25, 0.3) is 0 Å². The summed E-state index contributed by atoms with van der Waals surface area (Å²) in [6.07, 6.45) is 8.35. The van der Waals surface area contributed by atoms with Gasteiger partial charge in [0.05, 0.1) is 5.92 Å². The zero-order chi connectivity index (χ0) is 15.2. The number of carbonyl (C=O) groups is 2. The molecule has 0 bridgehead atoms. The minimum atomic E-state index is -0.809. The molecular formula is C15H27N3O3. The maximum atomic E-state index is 12.1. The van der Waals surface area contributed by atoms with Crippen molar-refractivity contribution in [1.29, 1.82) is 0 Å². The van der Waals surface area contributed by atoms with E-state index in [9.17, 15) is 14.7 Å². The molecule has 2 amide bonds. The van der Waals surface area contributed by atoms with Crippen molar-refractivity contribution in [3.8, 4) is 0 Å². The Kier molecular flexibility index (Phi) is 5.85. The molecule has 21 heavy (non-hydrogen) atoms. The highest BCUT2D eigenvalue weighted by molar-refractivity contribution is 5.77. The van der Waals surface area contributed by atoms with Gasteiger partial charge in [-0.3, -0.25) is 4.79 Å². The number of rotatable bonds is 3. The standard InChI is InChI=1S/C15H27N3O3/c16-11-7-4-5-9-13(11)18-15(21)17-12-8-3-1-2-6-10(12)14(19)20/h10-13H,1-9,16H2,(H,19,20)(H2,17,18,21). The molecular weight excluding hydrogens is 270 g/mol. The van der Waals surface area contributed by atoms with Gasteiger partial charge in [0.15, 0.2) is 0 Å². The van der Waals surface area contributed by atoms with Gasteiger partial charge in [-0.15, -0.1) is 0 Å². The Morgan fingerprint density at radius 2 is 1.43 bits per heavy atom. The van der Waals surface area contributed by atoms with E-state index in [-0.39, 0.29) is 24.2 Å². The van der Waals surface area contributed by atoms with Crippen LogP contribution in [0.2, 0.25) is 0 Å². The molecule has 0 aromatic heterocycles. The van der Waals surface area contributed by atoms with Crippen LogP contribution in [0.4, 0.5) is 4.79 Å². The lowest BCUT2D eigenvalue weighted by molar-refractivity contribution is -0.142. The first kappa shape index (κ1) is 16.1. The van der Waals surface area contributed by atoms with Crippen molar-refractivity contribution >= 4 is 12.0 Å². The lowest BCUT2D eigenvalue weighted by atomic mass is 9.91. The molecule has 0 saturated heterocycles. The molecule has 0 aliphatic heterocycles. The molecule has 2 rings (SSSR count). The highest BCUT2D eigenvalue weighted by Gasteiger charge is 2.31. The fraction of sp³-hybridized carbons (Fsp3) is 0.867. The summed E-state index contributed by atoms with van der Waals surface area (Å²) in [5.74, 6) is -1.28. The highest BCUT2D eigenvalue weighted by atomic mass is 16.4. The first-order chi connectivity index (χ1) is 10.1. The summed E-state index contributed by atoms with van der Waals surface area (Å²) in [4.78, 5) is 23.5. The molecule has 120 valence electrons. The van der Waals surface area contributed by atoms with E-state index in [1.807, 2.05) is 0 Å². The molecule has 2 aliphatic rings. The van der Waals surface area contributed by atoms with Gasteiger partial charge in [0.1, 0.15) is 0 Å². The Morgan fingerprint density at radius 3 is 2.14 bits per heavy atom. The Bertz CT molecular complexity index is 375. The van der Waals surface area contributed by atoms with E-state index in [1.54, 1.807) is 0 Å². The zero-order valence-corrected chi connectivity index (χ0v) is 12.5. The minimum absolute atomic E-state index is 0.00723. The van der Waals surface area contributed by atoms with Crippen LogP contribution < -0.4 is 16.4 Å². The van der Waals surface area contributed by atoms with E-state index < -0.39 is 11.9 Å². The fourth-order valence-corrected chi connectivity index (χ4v) is 3.49. The molecule has 2 saturated carbocycles. The van der Waals surface area contributed by atoms with Crippen LogP contribution in [0.3, 0.4) is 0 Å². The molecule has 6 heteroatoms. The molecule has 0 spiro atoms. The third kappa shape index (κ3) is 4.59. The predicted octanol–water partition coefficient (Wildman–Crippen LogP) is 1.59. The predicted molar refractivity (Wildman–Crippen MR) is 79.9 cm³/mol. The molecule has 2 fully saturated rings. The second-order valence-electron chi connectivity index (χ2n) is 6.36. The van der Waals surface area contributed by atoms with Crippen molar-refractivity contribution in [2.45, 2.75) is 75.9 Å². The molecule has 0 aromatic rings. The van der Waals surface area contributed by atoms with Gasteiger partial charge in [-0.05, 0) is 25.7 Å². The van der Waals surface area contributed by atoms with E-state index in [0.29, 0.717) is 6.42 Å². The Morgan fingerprint density at radius 1 is 0.857 bits per heavy atom. The van der Waals surface area contributed by atoms with Crippen molar-refractivity contribution in [3.63, 3.8) is 0 Å². The number of hydrogen-bond acceptors (Lipinski definition) is 3. The minimum Gasteiger partial charge on any atom is -0.481 e. The molecule has 0 heterocycles. The summed E-state index contributed by atoms with van der Waals surface area (Å²) in [7, 11) is 0. The van der Waals surface area contributed by atoms with Crippen LogP contribution in [0.5, 0.6) is 0 Å². The second-order valence-corrected chi connectivity index (χ2v) is 6.36. The van der Waals surface area contributed by atoms with Crippen molar-refractivity contribution in [1.82, 2.24) is 10.6 Å². The lowest BCUT2D eigenvalue weighted by Crippen LogP contribution is -2.55. The Labute approximate surface area is 125 Å². The second kappa shape index (κ2) is 7.64. The summed E-state index contributed by atoms with van der Waals surface area (Å²) in [5.41, 5.74) is 6.02. The average molecular weight is 297 g/mol. The zero-order valence-electron chi connectivity index (χ0n) is 12.5. The first-order valence-electron chi connectivity index (χ1n) is 8.13. The summed E-state index contributed by atoms with van der Waals surface area (Å²) < 4.78 is 0. The van der Waals surface area contributed by atoms with E-state index in [2.05, 4.69) is 10.6 Å². The number of nitrogens with one attached hydrogen (secondary N) is 2. The first-order valence-corrected chi connectivity index (χ1v) is 8.13. The van der Waals surface area contributed by atoms with Crippen LogP contribution in [0.15, 0.2) is 0 Å². The molecule has 0 radical (unpaired) electrons. The smallest absolute Gasteiger partial charge is 0.315 e. The van der Waals surface area contributed by atoms with Gasteiger partial charge in [-0.1, -0.05) is 32.1 Å². The number of carbonyl (C=O) groups excluding carboxylic acids is 1. The van der Waals surface area contributed by atoms with Crippen LogP contribution in [-0.2, 0) is 4.79 Å². The van der Waals surface area contributed by atoms with Crippen LogP contribution in [0.1, 0.15) is 57.8 Å². The van der Waals surface area contributed by atoms with Crippen LogP contribution in [0.25, 0.3) is 0 Å². The van der Waals surface area contributed by atoms with Crippen molar-refractivity contribution < 1.29 is 14.7 Å². The van der Waals surface area contributed by atoms with Crippen molar-refractivity contribution in [2.24, 2.45) is 11.7 Å². The third-order valence-corrected chi connectivity index (χ3v) is 4.79. The molecule has 0 aromatic carbocycles. The molecule has 4 unspecified atom stereocenters. The number of amides is 2. The van der Waals surface area contributed by atoms with Gasteiger partial charge in [0.2, 0.25) is 0 Å². The third-order valence-electron chi connectivity index (χ3n) is 4.79. The van der Waals surface area contributed by atoms with Crippen LogP contribution in [-0.4, -0.2) is 35.2 Å². The van der Waals surface area contributed by atoms with E-state index in [4.69, 9.17) is 5.73 Å². The quantitative estimate of drug-likeness (QED) is 0.594. The summed E-state index contributed by atoms with van der Waals surface area (Å²) >= 11 is 0. The lowest BCUT2D eigenvalue weighted by Gasteiger charge is -2.30. The maximum Gasteiger partial charge on any atom is 0.315 e. The van der Waals surface area contributed by atoms with E-state index in [1.165, 1.54) is 0 Å². The maximum absolute atomic E-state index is 12.1. The van der Waals surface area contributed by atoms with Crippen molar-refractivity contribution in [3.05, 3.63) is 0 Å². The van der Waals surface area contributed by atoms with Gasteiger partial charge in [-0.25, -0.2) is 4.79 Å². The normalized spacial score (nSPS) is 33.8. The number of carboxylic acid groups (broad SMARTS) is 1. The number of hydrogen-bond donors (Lipinski definition) is 4. The number of urea groups is 1. The summed E-state index contributed by atoms with van der Waals surface area (Å²) in [6, 6.07) is -0.526. The van der Waals surface area contributed by atoms with Crippen LogP contribution >= 0.6 is 0 Å². The molecule has 5 N–H and O–H groups in total. The van der Waals surface area contributed by atoms with Gasteiger partial charge in [0, 0.05) is 18.1 Å².